The summed E-state index contributed by atoms with van der Waals surface area (Å²) in [7, 11) is 0. The van der Waals surface area contributed by atoms with Gasteiger partial charge < -0.3 is 0 Å². The zero-order valence-corrected chi connectivity index (χ0v) is 8.20. The van der Waals surface area contributed by atoms with E-state index in [1.54, 1.807) is 11.9 Å². The topological polar surface area (TPSA) is 40.6 Å². The minimum atomic E-state index is -0.230. The molecule has 13 heavy (non-hydrogen) atoms. The van der Waals surface area contributed by atoms with E-state index >= 15 is 0 Å². The lowest BCUT2D eigenvalue weighted by atomic mass is 10.3. The molecule has 4 nitrogen and oxygen atoms in total. The first kappa shape index (κ1) is 9.92. The second-order valence-electron chi connectivity index (χ2n) is 2.92. The lowest BCUT2D eigenvalue weighted by Crippen LogP contribution is -2.46. The summed E-state index contributed by atoms with van der Waals surface area (Å²) in [5.41, 5.74) is 0.511. The maximum absolute atomic E-state index is 11.5. The van der Waals surface area contributed by atoms with E-state index in [4.69, 9.17) is 0 Å². The molecular weight excluding hydrogens is 168 g/mol. The maximum atomic E-state index is 11.5. The Kier molecular flexibility index (Phi) is 2.83. The number of hydrazine groups is 1. The van der Waals surface area contributed by atoms with Crippen LogP contribution in [0.2, 0.25) is 0 Å². The molecular formula is C9H14N2O2. The molecule has 2 amide bonds. The second kappa shape index (κ2) is 3.70. The fraction of sp³-hybridized carbons (Fsp3) is 0.556. The molecule has 0 bridgehead atoms. The van der Waals surface area contributed by atoms with Crippen molar-refractivity contribution in [2.75, 3.05) is 13.1 Å². The Morgan fingerprint density at radius 1 is 1.31 bits per heavy atom. The minimum absolute atomic E-state index is 0.200. The molecule has 0 saturated carbocycles. The Hall–Kier alpha value is -1.16. The summed E-state index contributed by atoms with van der Waals surface area (Å²) < 4.78 is 0. The van der Waals surface area contributed by atoms with Crippen LogP contribution in [0.25, 0.3) is 0 Å². The molecule has 0 aromatic heterocycles. The lowest BCUT2D eigenvalue weighted by Gasteiger charge is -2.27. The van der Waals surface area contributed by atoms with Gasteiger partial charge in [-0.25, -0.2) is 10.0 Å². The third kappa shape index (κ3) is 1.62. The van der Waals surface area contributed by atoms with Crippen LogP contribution in [0.3, 0.4) is 0 Å². The van der Waals surface area contributed by atoms with Crippen molar-refractivity contribution in [3.8, 4) is 0 Å². The third-order valence-electron chi connectivity index (χ3n) is 2.09. The summed E-state index contributed by atoms with van der Waals surface area (Å²) in [6.07, 6.45) is 1.38. The Balaban J connectivity index is 2.83. The number of nitrogens with zero attached hydrogens (tertiary/aromatic N) is 2. The predicted molar refractivity (Wildman–Crippen MR) is 48.5 cm³/mol. The summed E-state index contributed by atoms with van der Waals surface area (Å²) in [5.74, 6) is -0.431. The molecule has 0 fully saturated rings. The van der Waals surface area contributed by atoms with Crippen LogP contribution >= 0.6 is 0 Å². The van der Waals surface area contributed by atoms with Crippen molar-refractivity contribution in [3.63, 3.8) is 0 Å². The maximum Gasteiger partial charge on any atom is 0.271 e. The SMILES string of the molecule is CCN(CC)N1C(=O)C=C(C)C1=O. The van der Waals surface area contributed by atoms with E-state index in [-0.39, 0.29) is 11.8 Å². The molecule has 0 N–H and O–H groups in total. The van der Waals surface area contributed by atoms with Gasteiger partial charge in [0.2, 0.25) is 0 Å². The molecule has 1 aliphatic rings. The standard InChI is InChI=1S/C9H14N2O2/c1-4-10(5-2)11-8(12)6-7(3)9(11)13/h6H,4-5H2,1-3H3. The normalized spacial score (nSPS) is 17.2. The van der Waals surface area contributed by atoms with Crippen molar-refractivity contribution in [3.05, 3.63) is 11.6 Å². The number of hydrogen-bond acceptors (Lipinski definition) is 3. The van der Waals surface area contributed by atoms with Gasteiger partial charge in [-0.1, -0.05) is 13.8 Å². The molecule has 0 aromatic rings. The Morgan fingerprint density at radius 3 is 2.15 bits per heavy atom. The van der Waals surface area contributed by atoms with Gasteiger partial charge in [0.15, 0.2) is 0 Å². The Morgan fingerprint density at radius 2 is 1.85 bits per heavy atom. The van der Waals surface area contributed by atoms with Crippen molar-refractivity contribution in [1.82, 2.24) is 10.0 Å². The molecule has 1 rings (SSSR count). The summed E-state index contributed by atoms with van der Waals surface area (Å²) in [4.78, 5) is 22.8. The highest BCUT2D eigenvalue weighted by atomic mass is 16.2. The third-order valence-corrected chi connectivity index (χ3v) is 2.09. The zero-order valence-electron chi connectivity index (χ0n) is 8.20. The number of rotatable bonds is 3. The molecule has 72 valence electrons. The van der Waals surface area contributed by atoms with Gasteiger partial charge in [-0.3, -0.25) is 9.59 Å². The quantitative estimate of drug-likeness (QED) is 0.599. The summed E-state index contributed by atoms with van der Waals surface area (Å²) in [6, 6.07) is 0. The predicted octanol–water partition coefficient (Wildman–Crippen LogP) is 0.558. The van der Waals surface area contributed by atoms with Gasteiger partial charge in [-0.15, -0.1) is 0 Å². The number of carbonyl (C=O) groups excluding carboxylic acids is 2. The molecule has 0 saturated heterocycles. The Bertz CT molecular complexity index is 267. The first-order valence-electron chi connectivity index (χ1n) is 4.43. The molecule has 1 heterocycles. The van der Waals surface area contributed by atoms with Crippen LogP contribution in [0, 0.1) is 0 Å². The van der Waals surface area contributed by atoms with Gasteiger partial charge in [-0.05, 0) is 6.92 Å². The van der Waals surface area contributed by atoms with Gasteiger partial charge in [-0.2, -0.15) is 0 Å². The van der Waals surface area contributed by atoms with Crippen LogP contribution in [-0.2, 0) is 9.59 Å². The highest BCUT2D eigenvalue weighted by Crippen LogP contribution is 2.14. The second-order valence-corrected chi connectivity index (χ2v) is 2.92. The smallest absolute Gasteiger partial charge is 0.268 e. The highest BCUT2D eigenvalue weighted by molar-refractivity contribution is 6.15. The molecule has 0 aromatic carbocycles. The van der Waals surface area contributed by atoms with Crippen molar-refractivity contribution in [2.24, 2.45) is 0 Å². The van der Waals surface area contributed by atoms with E-state index < -0.39 is 0 Å². The summed E-state index contributed by atoms with van der Waals surface area (Å²) >= 11 is 0. The molecule has 0 unspecified atom stereocenters. The molecule has 4 heteroatoms. The van der Waals surface area contributed by atoms with Crippen molar-refractivity contribution in [2.45, 2.75) is 20.8 Å². The van der Waals surface area contributed by atoms with Crippen LogP contribution < -0.4 is 0 Å². The first-order valence-corrected chi connectivity index (χ1v) is 4.43. The van der Waals surface area contributed by atoms with Gasteiger partial charge in [0, 0.05) is 24.7 Å². The summed E-state index contributed by atoms with van der Waals surface area (Å²) in [5, 5.41) is 2.92. The van der Waals surface area contributed by atoms with E-state index in [2.05, 4.69) is 0 Å². The molecule has 0 spiro atoms. The van der Waals surface area contributed by atoms with Crippen molar-refractivity contribution >= 4 is 11.8 Å². The van der Waals surface area contributed by atoms with Crippen molar-refractivity contribution in [1.29, 1.82) is 0 Å². The van der Waals surface area contributed by atoms with Crippen LogP contribution in [0.1, 0.15) is 20.8 Å². The lowest BCUT2D eigenvalue weighted by molar-refractivity contribution is -0.155. The number of carbonyl (C=O) groups is 2. The van der Waals surface area contributed by atoms with Gasteiger partial charge in [0.1, 0.15) is 0 Å². The highest BCUT2D eigenvalue weighted by Gasteiger charge is 2.31. The Labute approximate surface area is 77.8 Å². The van der Waals surface area contributed by atoms with Gasteiger partial charge in [0.25, 0.3) is 11.8 Å². The first-order chi connectivity index (χ1) is 6.11. The van der Waals surface area contributed by atoms with Gasteiger partial charge in [0.05, 0.1) is 0 Å². The fourth-order valence-electron chi connectivity index (χ4n) is 1.35. The average molecular weight is 182 g/mol. The van der Waals surface area contributed by atoms with E-state index in [1.165, 1.54) is 11.1 Å². The van der Waals surface area contributed by atoms with E-state index in [0.717, 1.165) is 0 Å². The van der Waals surface area contributed by atoms with Gasteiger partial charge >= 0.3 is 0 Å². The molecule has 0 atom stereocenters. The molecule has 1 aliphatic heterocycles. The van der Waals surface area contributed by atoms with E-state index in [0.29, 0.717) is 18.7 Å². The molecule has 0 radical (unpaired) electrons. The van der Waals surface area contributed by atoms with Crippen molar-refractivity contribution < 1.29 is 9.59 Å². The van der Waals surface area contributed by atoms with Crippen LogP contribution in [0.15, 0.2) is 11.6 Å². The summed E-state index contributed by atoms with van der Waals surface area (Å²) in [6.45, 7) is 6.81. The number of imide groups is 1. The largest absolute Gasteiger partial charge is 0.271 e. The van der Waals surface area contributed by atoms with Crippen LogP contribution in [-0.4, -0.2) is 34.9 Å². The van der Waals surface area contributed by atoms with E-state index in [1.807, 2.05) is 13.8 Å². The fourth-order valence-corrected chi connectivity index (χ4v) is 1.35. The average Bonchev–Trinajstić information content (AvgIpc) is 2.34. The molecule has 0 aliphatic carbocycles. The number of hydrogen-bond donors (Lipinski definition) is 0. The minimum Gasteiger partial charge on any atom is -0.268 e. The van der Waals surface area contributed by atoms with Crippen LogP contribution in [0.4, 0.5) is 0 Å². The monoisotopic (exact) mass is 182 g/mol. The van der Waals surface area contributed by atoms with Crippen LogP contribution in [0.5, 0.6) is 0 Å². The zero-order chi connectivity index (χ0) is 10.0. The van der Waals surface area contributed by atoms with E-state index in [9.17, 15) is 9.59 Å². The number of amides is 2.